The van der Waals surface area contributed by atoms with Crippen LogP contribution in [0.2, 0.25) is 10.0 Å². The molecule has 3 nitrogen and oxygen atoms in total. The van der Waals surface area contributed by atoms with Crippen LogP contribution >= 0.6 is 34.5 Å². The number of amidine groups is 1. The van der Waals surface area contributed by atoms with Crippen LogP contribution in [0.25, 0.3) is 11.3 Å². The Balaban J connectivity index is 1.61. The van der Waals surface area contributed by atoms with Gasteiger partial charge in [0.05, 0.1) is 5.69 Å². The van der Waals surface area contributed by atoms with E-state index in [4.69, 9.17) is 28.2 Å². The van der Waals surface area contributed by atoms with Gasteiger partial charge in [0.25, 0.3) is 0 Å². The van der Waals surface area contributed by atoms with E-state index in [2.05, 4.69) is 27.8 Å². The van der Waals surface area contributed by atoms with E-state index >= 15 is 0 Å². The van der Waals surface area contributed by atoms with Crippen molar-refractivity contribution in [2.45, 2.75) is 25.7 Å². The van der Waals surface area contributed by atoms with E-state index in [-0.39, 0.29) is 0 Å². The highest BCUT2D eigenvalue weighted by atomic mass is 35.5. The van der Waals surface area contributed by atoms with Crippen LogP contribution in [0.15, 0.2) is 52.8 Å². The SMILES string of the molecule is Clc1cccc(Cl)c1Cc1ccccc1-c1csc(NC2=NCCCC2)n1. The summed E-state index contributed by atoms with van der Waals surface area (Å²) >= 11 is 14.3. The van der Waals surface area contributed by atoms with Crippen molar-refractivity contribution in [3.63, 3.8) is 0 Å². The number of anilines is 1. The Hall–Kier alpha value is -1.88. The molecule has 1 aromatic heterocycles. The Labute approximate surface area is 173 Å². The zero-order valence-electron chi connectivity index (χ0n) is 14.7. The third-order valence-electron chi connectivity index (χ3n) is 4.60. The van der Waals surface area contributed by atoms with Crippen molar-refractivity contribution in [2.75, 3.05) is 11.9 Å². The molecule has 1 aliphatic heterocycles. The molecule has 138 valence electrons. The highest BCUT2D eigenvalue weighted by Crippen LogP contribution is 2.32. The van der Waals surface area contributed by atoms with Gasteiger partial charge in [-0.2, -0.15) is 0 Å². The van der Waals surface area contributed by atoms with Crippen LogP contribution in [-0.2, 0) is 6.42 Å². The highest BCUT2D eigenvalue weighted by molar-refractivity contribution is 7.14. The molecule has 1 aliphatic rings. The van der Waals surface area contributed by atoms with Crippen LogP contribution in [0, 0.1) is 0 Å². The molecule has 0 bridgehead atoms. The van der Waals surface area contributed by atoms with Crippen LogP contribution in [-0.4, -0.2) is 17.4 Å². The number of thiazole rings is 1. The molecule has 1 N–H and O–H groups in total. The molecule has 27 heavy (non-hydrogen) atoms. The van der Waals surface area contributed by atoms with Gasteiger partial charge in [0, 0.05) is 40.4 Å². The predicted octanol–water partition coefficient (Wildman–Crippen LogP) is 6.70. The standard InChI is InChI=1S/C21H19Cl2N3S/c22-17-8-5-9-18(23)16(17)12-14-6-1-2-7-15(14)19-13-27-21(25-19)26-20-10-3-4-11-24-20/h1-2,5-9,13H,3-4,10-12H2,(H,24,25,26). The van der Waals surface area contributed by atoms with Crippen molar-refractivity contribution >= 4 is 45.5 Å². The molecule has 3 aromatic rings. The number of benzene rings is 2. The molecule has 0 saturated carbocycles. The first-order chi connectivity index (χ1) is 13.2. The van der Waals surface area contributed by atoms with E-state index in [0.29, 0.717) is 16.5 Å². The molecule has 0 amide bonds. The average molecular weight is 416 g/mol. The van der Waals surface area contributed by atoms with E-state index in [1.807, 2.05) is 30.3 Å². The lowest BCUT2D eigenvalue weighted by atomic mass is 9.98. The maximum Gasteiger partial charge on any atom is 0.188 e. The van der Waals surface area contributed by atoms with Gasteiger partial charge in [-0.25, -0.2) is 4.98 Å². The lowest BCUT2D eigenvalue weighted by Crippen LogP contribution is -2.15. The summed E-state index contributed by atoms with van der Waals surface area (Å²) in [6.07, 6.45) is 4.02. The Bertz CT molecular complexity index is 961. The molecule has 0 unspecified atom stereocenters. The summed E-state index contributed by atoms with van der Waals surface area (Å²) in [5.74, 6) is 1.04. The van der Waals surface area contributed by atoms with Crippen LogP contribution in [0.1, 0.15) is 30.4 Å². The molecule has 0 spiro atoms. The highest BCUT2D eigenvalue weighted by Gasteiger charge is 2.14. The molecule has 2 heterocycles. The normalized spacial score (nSPS) is 14.1. The molecular formula is C21H19Cl2N3S. The monoisotopic (exact) mass is 415 g/mol. The zero-order valence-corrected chi connectivity index (χ0v) is 17.0. The minimum Gasteiger partial charge on any atom is -0.320 e. The molecule has 4 rings (SSSR count). The summed E-state index contributed by atoms with van der Waals surface area (Å²) in [7, 11) is 0. The van der Waals surface area contributed by atoms with Gasteiger partial charge in [-0.3, -0.25) is 4.99 Å². The molecule has 2 aromatic carbocycles. The van der Waals surface area contributed by atoms with E-state index in [9.17, 15) is 0 Å². The second-order valence-corrected chi connectivity index (χ2v) is 8.16. The maximum absolute atomic E-state index is 6.37. The summed E-state index contributed by atoms with van der Waals surface area (Å²) in [5, 5.41) is 7.72. The van der Waals surface area contributed by atoms with Gasteiger partial charge >= 0.3 is 0 Å². The first kappa shape index (κ1) is 18.5. The quantitative estimate of drug-likeness (QED) is 0.514. The fourth-order valence-electron chi connectivity index (χ4n) is 3.19. The van der Waals surface area contributed by atoms with Crippen molar-refractivity contribution in [1.82, 2.24) is 4.98 Å². The zero-order chi connectivity index (χ0) is 18.6. The number of aliphatic imine (C=N–C) groups is 1. The average Bonchev–Trinajstić information content (AvgIpc) is 3.14. The van der Waals surface area contributed by atoms with Crippen LogP contribution in [0.5, 0.6) is 0 Å². The molecule has 6 heteroatoms. The molecule has 0 saturated heterocycles. The first-order valence-corrected chi connectivity index (χ1v) is 10.6. The third kappa shape index (κ3) is 4.34. The molecule has 0 aliphatic carbocycles. The molecule has 0 fully saturated rings. The summed E-state index contributed by atoms with van der Waals surface area (Å²) < 4.78 is 0. The number of nitrogens with zero attached hydrogens (tertiary/aromatic N) is 2. The third-order valence-corrected chi connectivity index (χ3v) is 6.07. The summed E-state index contributed by atoms with van der Waals surface area (Å²) in [4.78, 5) is 9.32. The topological polar surface area (TPSA) is 37.3 Å². The van der Waals surface area contributed by atoms with Crippen molar-refractivity contribution in [3.05, 3.63) is 69.0 Å². The predicted molar refractivity (Wildman–Crippen MR) is 117 cm³/mol. The van der Waals surface area contributed by atoms with Gasteiger partial charge in [-0.05, 0) is 36.1 Å². The molecular weight excluding hydrogens is 397 g/mol. The first-order valence-electron chi connectivity index (χ1n) is 8.98. The Morgan fingerprint density at radius 3 is 2.59 bits per heavy atom. The van der Waals surface area contributed by atoms with E-state index in [0.717, 1.165) is 46.3 Å². The number of nitrogens with one attached hydrogen (secondary N) is 1. The van der Waals surface area contributed by atoms with E-state index in [1.165, 1.54) is 12.8 Å². The number of aromatic nitrogens is 1. The summed E-state index contributed by atoms with van der Waals surface area (Å²) in [6, 6.07) is 13.9. The molecule has 0 radical (unpaired) electrons. The minimum atomic E-state index is 0.668. The second-order valence-electron chi connectivity index (χ2n) is 6.48. The van der Waals surface area contributed by atoms with Crippen LogP contribution in [0.3, 0.4) is 0 Å². The second kappa shape index (κ2) is 8.42. The Morgan fingerprint density at radius 1 is 1.00 bits per heavy atom. The summed E-state index contributed by atoms with van der Waals surface area (Å²) in [6.45, 7) is 0.905. The Kier molecular flexibility index (Phi) is 5.77. The van der Waals surface area contributed by atoms with Crippen molar-refractivity contribution in [2.24, 2.45) is 4.99 Å². The van der Waals surface area contributed by atoms with Crippen LogP contribution < -0.4 is 5.32 Å². The number of rotatable bonds is 4. The van der Waals surface area contributed by atoms with Gasteiger partial charge in [-0.1, -0.05) is 53.5 Å². The smallest absolute Gasteiger partial charge is 0.188 e. The van der Waals surface area contributed by atoms with E-state index in [1.54, 1.807) is 11.3 Å². The largest absolute Gasteiger partial charge is 0.320 e. The van der Waals surface area contributed by atoms with Gasteiger partial charge in [0.1, 0.15) is 5.84 Å². The van der Waals surface area contributed by atoms with Crippen molar-refractivity contribution in [1.29, 1.82) is 0 Å². The maximum atomic E-state index is 6.37. The van der Waals surface area contributed by atoms with Gasteiger partial charge in [-0.15, -0.1) is 11.3 Å². The fourth-order valence-corrected chi connectivity index (χ4v) is 4.46. The van der Waals surface area contributed by atoms with Crippen LogP contribution in [0.4, 0.5) is 5.13 Å². The lowest BCUT2D eigenvalue weighted by molar-refractivity contribution is 0.737. The lowest BCUT2D eigenvalue weighted by Gasteiger charge is -2.12. The molecule has 0 atom stereocenters. The van der Waals surface area contributed by atoms with Gasteiger partial charge in [0.15, 0.2) is 5.13 Å². The van der Waals surface area contributed by atoms with E-state index < -0.39 is 0 Å². The van der Waals surface area contributed by atoms with Gasteiger partial charge in [0.2, 0.25) is 0 Å². The number of hydrogen-bond acceptors (Lipinski definition) is 4. The number of halogens is 2. The van der Waals surface area contributed by atoms with Crippen molar-refractivity contribution < 1.29 is 0 Å². The summed E-state index contributed by atoms with van der Waals surface area (Å²) in [5.41, 5.74) is 4.15. The van der Waals surface area contributed by atoms with Crippen molar-refractivity contribution in [3.8, 4) is 11.3 Å². The van der Waals surface area contributed by atoms with Gasteiger partial charge < -0.3 is 5.32 Å². The fraction of sp³-hybridized carbons (Fsp3) is 0.238. The minimum absolute atomic E-state index is 0.668. The Morgan fingerprint density at radius 2 is 1.81 bits per heavy atom. The number of hydrogen-bond donors (Lipinski definition) is 1.